The number of methoxy groups -OCH3 is 1. The number of nitrogens with zero attached hydrogens (tertiary/aromatic N) is 1. The number of aliphatic hydroxyl groups is 1. The third-order valence-electron chi connectivity index (χ3n) is 3.08. The van der Waals surface area contributed by atoms with E-state index in [1.54, 1.807) is 26.4 Å². The molecule has 0 saturated carbocycles. The van der Waals surface area contributed by atoms with Crippen molar-refractivity contribution in [2.24, 2.45) is 0 Å². The Morgan fingerprint density at radius 2 is 2.05 bits per heavy atom. The second kappa shape index (κ2) is 5.59. The van der Waals surface area contributed by atoms with Crippen LogP contribution < -0.4 is 4.74 Å². The Labute approximate surface area is 117 Å². The largest absolute Gasteiger partial charge is 0.496 e. The summed E-state index contributed by atoms with van der Waals surface area (Å²) in [6, 6.07) is 9.25. The van der Waals surface area contributed by atoms with Crippen LogP contribution in [0.1, 0.15) is 18.1 Å². The van der Waals surface area contributed by atoms with Gasteiger partial charge >= 0.3 is 0 Å². The SMILES string of the molecule is COc1ccccc1C(C)(O)Cc1ccncc1Cl. The highest BCUT2D eigenvalue weighted by molar-refractivity contribution is 6.31. The van der Waals surface area contributed by atoms with E-state index in [4.69, 9.17) is 16.3 Å². The number of aromatic nitrogens is 1. The molecular weight excluding hydrogens is 262 g/mol. The Morgan fingerprint density at radius 3 is 2.74 bits per heavy atom. The number of para-hydroxylation sites is 1. The molecule has 1 unspecified atom stereocenters. The molecule has 4 heteroatoms. The van der Waals surface area contributed by atoms with Crippen LogP contribution in [0.25, 0.3) is 0 Å². The molecule has 19 heavy (non-hydrogen) atoms. The maximum atomic E-state index is 10.7. The number of rotatable bonds is 4. The molecule has 2 aromatic rings. The summed E-state index contributed by atoms with van der Waals surface area (Å²) >= 11 is 6.09. The number of hydrogen-bond acceptors (Lipinski definition) is 3. The summed E-state index contributed by atoms with van der Waals surface area (Å²) < 4.78 is 5.29. The molecule has 1 N–H and O–H groups in total. The maximum Gasteiger partial charge on any atom is 0.124 e. The van der Waals surface area contributed by atoms with E-state index in [9.17, 15) is 5.11 Å². The van der Waals surface area contributed by atoms with Gasteiger partial charge in [0.2, 0.25) is 0 Å². The first-order valence-corrected chi connectivity index (χ1v) is 6.36. The van der Waals surface area contributed by atoms with Gasteiger partial charge in [-0.15, -0.1) is 0 Å². The predicted molar refractivity (Wildman–Crippen MR) is 75.5 cm³/mol. The summed E-state index contributed by atoms with van der Waals surface area (Å²) in [5.41, 5.74) is 0.537. The molecule has 100 valence electrons. The Hall–Kier alpha value is -1.58. The molecule has 0 aliphatic heterocycles. The third kappa shape index (κ3) is 3.06. The molecule has 0 aliphatic carbocycles. The van der Waals surface area contributed by atoms with Crippen LogP contribution in [0, 0.1) is 0 Å². The van der Waals surface area contributed by atoms with Crippen molar-refractivity contribution in [3.05, 3.63) is 58.9 Å². The van der Waals surface area contributed by atoms with Crippen molar-refractivity contribution in [2.45, 2.75) is 18.9 Å². The van der Waals surface area contributed by atoms with E-state index in [1.165, 1.54) is 0 Å². The zero-order chi connectivity index (χ0) is 13.9. The first-order chi connectivity index (χ1) is 9.04. The number of pyridine rings is 1. The molecule has 3 nitrogen and oxygen atoms in total. The van der Waals surface area contributed by atoms with Crippen molar-refractivity contribution in [3.8, 4) is 5.75 Å². The lowest BCUT2D eigenvalue weighted by Crippen LogP contribution is -2.25. The van der Waals surface area contributed by atoms with Gasteiger partial charge in [-0.2, -0.15) is 0 Å². The zero-order valence-electron chi connectivity index (χ0n) is 10.9. The normalized spacial score (nSPS) is 13.9. The van der Waals surface area contributed by atoms with Gasteiger partial charge in [-0.3, -0.25) is 4.98 Å². The second-order valence-electron chi connectivity index (χ2n) is 4.62. The van der Waals surface area contributed by atoms with Crippen LogP contribution in [0.3, 0.4) is 0 Å². The highest BCUT2D eigenvalue weighted by Crippen LogP contribution is 2.33. The number of benzene rings is 1. The summed E-state index contributed by atoms with van der Waals surface area (Å²) in [5.74, 6) is 0.665. The van der Waals surface area contributed by atoms with Crippen molar-refractivity contribution in [1.29, 1.82) is 0 Å². The molecule has 0 saturated heterocycles. The Balaban J connectivity index is 2.35. The topological polar surface area (TPSA) is 42.4 Å². The highest BCUT2D eigenvalue weighted by atomic mass is 35.5. The fourth-order valence-electron chi connectivity index (χ4n) is 2.10. The van der Waals surface area contributed by atoms with Gasteiger partial charge in [-0.25, -0.2) is 0 Å². The molecule has 0 aliphatic rings. The van der Waals surface area contributed by atoms with Crippen LogP contribution in [0.2, 0.25) is 5.02 Å². The van der Waals surface area contributed by atoms with Gasteiger partial charge in [0.15, 0.2) is 0 Å². The molecule has 0 spiro atoms. The third-order valence-corrected chi connectivity index (χ3v) is 3.42. The lowest BCUT2D eigenvalue weighted by atomic mass is 9.88. The van der Waals surface area contributed by atoms with Gasteiger partial charge < -0.3 is 9.84 Å². The molecule has 0 radical (unpaired) electrons. The quantitative estimate of drug-likeness (QED) is 0.933. The summed E-state index contributed by atoms with van der Waals surface area (Å²) in [6.07, 6.45) is 3.64. The molecular formula is C15H16ClNO2. The molecule has 0 fully saturated rings. The van der Waals surface area contributed by atoms with Crippen molar-refractivity contribution >= 4 is 11.6 Å². The average molecular weight is 278 g/mol. The molecule has 0 bridgehead atoms. The molecule has 0 amide bonds. The van der Waals surface area contributed by atoms with Crippen LogP contribution in [-0.2, 0) is 12.0 Å². The van der Waals surface area contributed by atoms with Gasteiger partial charge in [0.1, 0.15) is 5.75 Å². The smallest absolute Gasteiger partial charge is 0.124 e. The second-order valence-corrected chi connectivity index (χ2v) is 5.03. The Kier molecular flexibility index (Phi) is 4.08. The van der Waals surface area contributed by atoms with Gasteiger partial charge in [0.25, 0.3) is 0 Å². The minimum Gasteiger partial charge on any atom is -0.496 e. The van der Waals surface area contributed by atoms with Gasteiger partial charge in [0, 0.05) is 24.4 Å². The lowest BCUT2D eigenvalue weighted by molar-refractivity contribution is 0.0549. The lowest BCUT2D eigenvalue weighted by Gasteiger charge is -2.26. The van der Waals surface area contributed by atoms with Gasteiger partial charge in [-0.1, -0.05) is 29.8 Å². The zero-order valence-corrected chi connectivity index (χ0v) is 11.7. The standard InChI is InChI=1S/C15H16ClNO2/c1-15(18,9-11-7-8-17-10-13(11)16)12-5-3-4-6-14(12)19-2/h3-8,10,18H,9H2,1-2H3. The van der Waals surface area contributed by atoms with E-state index in [0.29, 0.717) is 17.2 Å². The van der Waals surface area contributed by atoms with Crippen molar-refractivity contribution in [2.75, 3.05) is 7.11 Å². The summed E-state index contributed by atoms with van der Waals surface area (Å²) in [4.78, 5) is 3.94. The predicted octanol–water partition coefficient (Wildman–Crippen LogP) is 3.19. The molecule has 2 rings (SSSR count). The van der Waals surface area contributed by atoms with Gasteiger partial charge in [-0.05, 0) is 24.6 Å². The monoisotopic (exact) mass is 277 g/mol. The van der Waals surface area contributed by atoms with E-state index in [1.807, 2.05) is 30.3 Å². The average Bonchev–Trinajstić information content (AvgIpc) is 2.41. The summed E-state index contributed by atoms with van der Waals surface area (Å²) in [6.45, 7) is 1.75. The van der Waals surface area contributed by atoms with Crippen molar-refractivity contribution in [3.63, 3.8) is 0 Å². The van der Waals surface area contributed by atoms with Crippen LogP contribution in [-0.4, -0.2) is 17.2 Å². The molecule has 1 atom stereocenters. The molecule has 1 aromatic heterocycles. The van der Waals surface area contributed by atoms with Crippen LogP contribution in [0.15, 0.2) is 42.7 Å². The van der Waals surface area contributed by atoms with Crippen LogP contribution in [0.4, 0.5) is 0 Å². The Morgan fingerprint density at radius 1 is 1.32 bits per heavy atom. The first-order valence-electron chi connectivity index (χ1n) is 5.99. The molecule has 1 heterocycles. The first kappa shape index (κ1) is 13.8. The van der Waals surface area contributed by atoms with E-state index in [0.717, 1.165) is 11.1 Å². The summed E-state index contributed by atoms with van der Waals surface area (Å²) in [5, 5.41) is 11.3. The number of hydrogen-bond donors (Lipinski definition) is 1. The van der Waals surface area contributed by atoms with Crippen LogP contribution >= 0.6 is 11.6 Å². The minimum atomic E-state index is -1.06. The fourth-order valence-corrected chi connectivity index (χ4v) is 2.29. The van der Waals surface area contributed by atoms with E-state index in [-0.39, 0.29) is 0 Å². The number of halogens is 1. The Bertz CT molecular complexity index is 570. The van der Waals surface area contributed by atoms with Crippen LogP contribution in [0.5, 0.6) is 5.75 Å². The number of ether oxygens (including phenoxy) is 1. The van der Waals surface area contributed by atoms with Gasteiger partial charge in [0.05, 0.1) is 17.7 Å². The maximum absolute atomic E-state index is 10.7. The summed E-state index contributed by atoms with van der Waals surface area (Å²) in [7, 11) is 1.59. The van der Waals surface area contributed by atoms with Crippen molar-refractivity contribution in [1.82, 2.24) is 4.98 Å². The van der Waals surface area contributed by atoms with E-state index in [2.05, 4.69) is 4.98 Å². The molecule has 1 aromatic carbocycles. The van der Waals surface area contributed by atoms with Crippen molar-refractivity contribution < 1.29 is 9.84 Å². The van der Waals surface area contributed by atoms with E-state index >= 15 is 0 Å². The fraction of sp³-hybridized carbons (Fsp3) is 0.267. The highest BCUT2D eigenvalue weighted by Gasteiger charge is 2.27. The van der Waals surface area contributed by atoms with E-state index < -0.39 is 5.60 Å². The minimum absolute atomic E-state index is 0.398.